The molecule has 5 rings (SSSR count). The van der Waals surface area contributed by atoms with E-state index in [0.717, 1.165) is 32.5 Å². The van der Waals surface area contributed by atoms with Crippen LogP contribution in [-0.4, -0.2) is 55.4 Å². The molecule has 3 heterocycles. The first-order valence-corrected chi connectivity index (χ1v) is 12.9. The highest BCUT2D eigenvalue weighted by molar-refractivity contribution is 5.76. The van der Waals surface area contributed by atoms with Crippen LogP contribution in [-0.2, 0) is 18.4 Å². The summed E-state index contributed by atoms with van der Waals surface area (Å²) in [6.07, 6.45) is 4.03. The molecule has 2 N–H and O–H groups in total. The lowest BCUT2D eigenvalue weighted by Crippen LogP contribution is -2.50. The maximum absolute atomic E-state index is 13.2. The van der Waals surface area contributed by atoms with Crippen molar-refractivity contribution in [1.82, 2.24) is 24.3 Å². The molecule has 1 fully saturated rings. The minimum atomic E-state index is -0.815. The van der Waals surface area contributed by atoms with Crippen LogP contribution in [0.1, 0.15) is 29.5 Å². The first-order chi connectivity index (χ1) is 18.2. The fourth-order valence-corrected chi connectivity index (χ4v) is 5.28. The molecule has 1 atom stereocenters. The second kappa shape index (κ2) is 10.3. The molecule has 1 amide bonds. The van der Waals surface area contributed by atoms with Gasteiger partial charge in [0.05, 0.1) is 11.3 Å². The molecule has 2 aliphatic rings. The molecule has 198 valence electrons. The maximum Gasteiger partial charge on any atom is 0.331 e. The van der Waals surface area contributed by atoms with Gasteiger partial charge in [-0.3, -0.25) is 18.7 Å². The highest BCUT2D eigenvalue weighted by Gasteiger charge is 2.32. The number of hydrogen-bond donors (Lipinski definition) is 2. The van der Waals surface area contributed by atoms with Crippen LogP contribution in [0.15, 0.2) is 70.5 Å². The number of amides is 1. The van der Waals surface area contributed by atoms with Crippen molar-refractivity contribution in [2.75, 3.05) is 13.1 Å². The van der Waals surface area contributed by atoms with E-state index in [0.29, 0.717) is 31.5 Å². The number of nitrogens with one attached hydrogen (secondary N) is 1. The molecule has 3 aromatic rings. The van der Waals surface area contributed by atoms with E-state index in [9.17, 15) is 19.5 Å². The van der Waals surface area contributed by atoms with Gasteiger partial charge in [0.1, 0.15) is 6.54 Å². The Kier molecular flexibility index (Phi) is 6.94. The number of piperidine rings is 1. The molecule has 0 aliphatic carbocycles. The number of likely N-dealkylation sites (tertiary alicyclic amines) is 1. The summed E-state index contributed by atoms with van der Waals surface area (Å²) in [4.78, 5) is 42.6. The third-order valence-corrected chi connectivity index (χ3v) is 7.72. The van der Waals surface area contributed by atoms with Crippen molar-refractivity contribution in [2.24, 2.45) is 7.05 Å². The molecule has 38 heavy (non-hydrogen) atoms. The summed E-state index contributed by atoms with van der Waals surface area (Å²) in [6.45, 7) is 4.82. The minimum absolute atomic E-state index is 0.0823. The summed E-state index contributed by atoms with van der Waals surface area (Å²) in [6, 6.07) is 15.6. The molecule has 9 heteroatoms. The van der Waals surface area contributed by atoms with E-state index in [1.807, 2.05) is 73.5 Å². The van der Waals surface area contributed by atoms with E-state index in [4.69, 9.17) is 0 Å². The quantitative estimate of drug-likeness (QED) is 0.539. The van der Waals surface area contributed by atoms with Crippen LogP contribution < -0.4 is 16.6 Å². The van der Waals surface area contributed by atoms with Gasteiger partial charge in [-0.2, -0.15) is 0 Å². The number of aliphatic hydroxyl groups excluding tert-OH is 1. The number of carbonyl (C=O) groups excluding carboxylic acids is 1. The maximum atomic E-state index is 13.2. The Balaban J connectivity index is 1.29. The summed E-state index contributed by atoms with van der Waals surface area (Å²) < 4.78 is 2.39. The van der Waals surface area contributed by atoms with Crippen LogP contribution in [0.2, 0.25) is 0 Å². The average molecular weight is 516 g/mol. The third-order valence-electron chi connectivity index (χ3n) is 7.72. The van der Waals surface area contributed by atoms with Gasteiger partial charge in [0.2, 0.25) is 12.3 Å². The molecule has 1 saturated heterocycles. The fourth-order valence-electron chi connectivity index (χ4n) is 5.28. The lowest BCUT2D eigenvalue weighted by Gasteiger charge is -2.38. The van der Waals surface area contributed by atoms with Gasteiger partial charge in [-0.05, 0) is 48.9 Å². The monoisotopic (exact) mass is 515 g/mol. The number of aromatic nitrogens is 2. The topological polar surface area (TPSA) is 99.8 Å². The van der Waals surface area contributed by atoms with Crippen LogP contribution >= 0.6 is 0 Å². The van der Waals surface area contributed by atoms with Gasteiger partial charge in [0.25, 0.3) is 5.56 Å². The number of hydrogen-bond acceptors (Lipinski definition) is 6. The van der Waals surface area contributed by atoms with Crippen molar-refractivity contribution >= 4 is 11.6 Å². The highest BCUT2D eigenvalue weighted by atomic mass is 16.3. The Morgan fingerprint density at radius 3 is 2.42 bits per heavy atom. The largest absolute Gasteiger partial charge is 0.356 e. The predicted molar refractivity (Wildman–Crippen MR) is 146 cm³/mol. The van der Waals surface area contributed by atoms with Crippen molar-refractivity contribution in [1.29, 1.82) is 0 Å². The molecule has 9 nitrogen and oxygen atoms in total. The molecule has 0 bridgehead atoms. The van der Waals surface area contributed by atoms with E-state index in [2.05, 4.69) is 5.32 Å². The fraction of sp³-hybridized carbons (Fsp3) is 0.345. The number of benzene rings is 2. The van der Waals surface area contributed by atoms with Crippen molar-refractivity contribution in [2.45, 2.75) is 45.6 Å². The third kappa shape index (κ3) is 4.77. The normalized spacial score (nSPS) is 17.9. The molecule has 0 radical (unpaired) electrons. The summed E-state index contributed by atoms with van der Waals surface area (Å²) in [5.74, 6) is -0.170. The summed E-state index contributed by atoms with van der Waals surface area (Å²) >= 11 is 0. The number of nitrogens with zero attached hydrogens (tertiary/aromatic N) is 4. The molecule has 0 saturated carbocycles. The number of rotatable bonds is 5. The SMILES string of the molecule is Cc1cccc(-c2cn(CC(=O)N3CCC(N4C=C(c5ccccc5)NC4O)CC3)c(=O)n(C)c2=O)c1C. The van der Waals surface area contributed by atoms with E-state index in [1.165, 1.54) is 17.8 Å². The zero-order valence-corrected chi connectivity index (χ0v) is 21.9. The van der Waals surface area contributed by atoms with Gasteiger partial charge in [0, 0.05) is 38.6 Å². The Morgan fingerprint density at radius 1 is 1.00 bits per heavy atom. The summed E-state index contributed by atoms with van der Waals surface area (Å²) in [5.41, 5.74) is 4.14. The Morgan fingerprint density at radius 2 is 1.71 bits per heavy atom. The van der Waals surface area contributed by atoms with Gasteiger partial charge >= 0.3 is 5.69 Å². The van der Waals surface area contributed by atoms with E-state index in [-0.39, 0.29) is 24.1 Å². The minimum Gasteiger partial charge on any atom is -0.356 e. The second-order valence-corrected chi connectivity index (χ2v) is 10.1. The van der Waals surface area contributed by atoms with Gasteiger partial charge in [0.15, 0.2) is 0 Å². The van der Waals surface area contributed by atoms with Gasteiger partial charge in [-0.1, -0.05) is 48.5 Å². The lowest BCUT2D eigenvalue weighted by atomic mass is 9.99. The number of aliphatic hydroxyl groups is 1. The van der Waals surface area contributed by atoms with Crippen LogP contribution in [0.25, 0.3) is 16.8 Å². The van der Waals surface area contributed by atoms with Crippen LogP contribution in [0.5, 0.6) is 0 Å². The molecule has 1 aromatic heterocycles. The van der Waals surface area contributed by atoms with Crippen LogP contribution in [0.3, 0.4) is 0 Å². The molecule has 0 spiro atoms. The molecular formula is C29H33N5O4. The molecule has 1 unspecified atom stereocenters. The van der Waals surface area contributed by atoms with Gasteiger partial charge < -0.3 is 20.2 Å². The second-order valence-electron chi connectivity index (χ2n) is 10.1. The van der Waals surface area contributed by atoms with E-state index >= 15 is 0 Å². The summed E-state index contributed by atoms with van der Waals surface area (Å²) in [7, 11) is 1.44. The Labute approximate surface area is 221 Å². The van der Waals surface area contributed by atoms with E-state index in [1.54, 1.807) is 4.90 Å². The van der Waals surface area contributed by atoms with Crippen molar-refractivity contribution < 1.29 is 9.90 Å². The number of aryl methyl sites for hydroxylation is 1. The van der Waals surface area contributed by atoms with Gasteiger partial charge in [-0.15, -0.1) is 0 Å². The van der Waals surface area contributed by atoms with Crippen molar-refractivity contribution in [3.05, 3.63) is 98.5 Å². The summed E-state index contributed by atoms with van der Waals surface area (Å²) in [5, 5.41) is 13.7. The first kappa shape index (κ1) is 25.5. The molecule has 2 aromatic carbocycles. The van der Waals surface area contributed by atoms with Gasteiger partial charge in [-0.25, -0.2) is 4.79 Å². The average Bonchev–Trinajstić information content (AvgIpc) is 3.33. The zero-order chi connectivity index (χ0) is 27.0. The standard InChI is InChI=1S/C29H33N5O4/c1-19-8-7-11-23(20(19)2)24-16-33(29(38)31(3)27(24)36)18-26(35)32-14-12-22(13-15-32)34-17-25(30-28(34)37)21-9-5-4-6-10-21/h4-11,16-17,22,28,30,37H,12-15,18H2,1-3H3. The number of carbonyl (C=O) groups is 1. The Bertz CT molecular complexity index is 1500. The van der Waals surface area contributed by atoms with E-state index < -0.39 is 12.0 Å². The van der Waals surface area contributed by atoms with Crippen molar-refractivity contribution in [3.63, 3.8) is 0 Å². The zero-order valence-electron chi connectivity index (χ0n) is 21.9. The van der Waals surface area contributed by atoms with Crippen molar-refractivity contribution in [3.8, 4) is 11.1 Å². The van der Waals surface area contributed by atoms with Crippen LogP contribution in [0.4, 0.5) is 0 Å². The van der Waals surface area contributed by atoms with Crippen LogP contribution in [0, 0.1) is 13.8 Å². The molecule has 2 aliphatic heterocycles. The molecular weight excluding hydrogens is 482 g/mol. The predicted octanol–water partition coefficient (Wildman–Crippen LogP) is 2.00. The lowest BCUT2D eigenvalue weighted by molar-refractivity contribution is -0.133. The first-order valence-electron chi connectivity index (χ1n) is 12.9. The smallest absolute Gasteiger partial charge is 0.331 e. The highest BCUT2D eigenvalue weighted by Crippen LogP contribution is 2.26. The Hall–Kier alpha value is -4.11.